The van der Waals surface area contributed by atoms with Gasteiger partial charge < -0.3 is 14.8 Å². The molecule has 1 fully saturated rings. The molecule has 0 radical (unpaired) electrons. The molecule has 1 N–H and O–H groups in total. The number of para-hydroxylation sites is 1. The molecule has 2 aromatic rings. The monoisotopic (exact) mass is 371 g/mol. The van der Waals surface area contributed by atoms with E-state index in [9.17, 15) is 14.0 Å². The maximum atomic E-state index is 13.4. The van der Waals surface area contributed by atoms with E-state index in [0.29, 0.717) is 6.54 Å². The number of halogens is 1. The minimum absolute atomic E-state index is 0.0329. The standard InChI is InChI=1S/C21H22FNO4/c22-17-9-4-5-10-18(17)26-14-20(25)27-13-19(24)23-15-21(11-6-12-21)16-7-2-1-3-8-16/h1-5,7-10H,6,11-15H2,(H,23,24). The Bertz CT molecular complexity index is 790. The number of benzene rings is 2. The third-order valence-corrected chi connectivity index (χ3v) is 4.87. The molecule has 0 atom stereocenters. The predicted octanol–water partition coefficient (Wildman–Crippen LogP) is 2.99. The van der Waals surface area contributed by atoms with Gasteiger partial charge in [0.25, 0.3) is 5.91 Å². The fraction of sp³-hybridized carbons (Fsp3) is 0.333. The van der Waals surface area contributed by atoms with E-state index in [4.69, 9.17) is 9.47 Å². The third-order valence-electron chi connectivity index (χ3n) is 4.87. The van der Waals surface area contributed by atoms with Gasteiger partial charge in [-0.25, -0.2) is 9.18 Å². The maximum absolute atomic E-state index is 13.4. The largest absolute Gasteiger partial charge is 0.479 e. The molecule has 6 heteroatoms. The van der Waals surface area contributed by atoms with Crippen LogP contribution < -0.4 is 10.1 Å². The molecule has 5 nitrogen and oxygen atoms in total. The number of rotatable bonds is 8. The van der Waals surface area contributed by atoms with Gasteiger partial charge in [-0.05, 0) is 30.5 Å². The molecule has 0 unspecified atom stereocenters. The summed E-state index contributed by atoms with van der Waals surface area (Å²) in [5.74, 6) is -1.69. The molecule has 27 heavy (non-hydrogen) atoms. The smallest absolute Gasteiger partial charge is 0.344 e. The Hall–Kier alpha value is -2.89. The molecule has 0 bridgehead atoms. The quantitative estimate of drug-likeness (QED) is 0.725. The number of hydrogen-bond donors (Lipinski definition) is 1. The fourth-order valence-corrected chi connectivity index (χ4v) is 3.17. The van der Waals surface area contributed by atoms with Crippen molar-refractivity contribution in [2.75, 3.05) is 19.8 Å². The highest BCUT2D eigenvalue weighted by atomic mass is 19.1. The first-order valence-electron chi connectivity index (χ1n) is 8.94. The summed E-state index contributed by atoms with van der Waals surface area (Å²) in [5.41, 5.74) is 1.18. The highest BCUT2D eigenvalue weighted by Crippen LogP contribution is 2.43. The van der Waals surface area contributed by atoms with E-state index in [1.54, 1.807) is 6.07 Å². The lowest BCUT2D eigenvalue weighted by Gasteiger charge is -2.42. The second-order valence-electron chi connectivity index (χ2n) is 6.66. The maximum Gasteiger partial charge on any atom is 0.344 e. The predicted molar refractivity (Wildman–Crippen MR) is 97.8 cm³/mol. The molecule has 1 amide bonds. The molecular formula is C21H22FNO4. The van der Waals surface area contributed by atoms with Gasteiger partial charge in [0.2, 0.25) is 0 Å². The molecule has 3 rings (SSSR count). The number of amides is 1. The van der Waals surface area contributed by atoms with E-state index < -0.39 is 18.4 Å². The van der Waals surface area contributed by atoms with Crippen LogP contribution in [0.5, 0.6) is 5.75 Å². The van der Waals surface area contributed by atoms with Crippen molar-refractivity contribution in [2.24, 2.45) is 0 Å². The molecule has 0 aromatic heterocycles. The van der Waals surface area contributed by atoms with Crippen molar-refractivity contribution in [3.63, 3.8) is 0 Å². The minimum Gasteiger partial charge on any atom is -0.479 e. The fourth-order valence-electron chi connectivity index (χ4n) is 3.17. The average molecular weight is 371 g/mol. The second-order valence-corrected chi connectivity index (χ2v) is 6.66. The number of esters is 1. The third kappa shape index (κ3) is 4.84. The highest BCUT2D eigenvalue weighted by molar-refractivity contribution is 5.81. The summed E-state index contributed by atoms with van der Waals surface area (Å²) in [4.78, 5) is 23.7. The molecular weight excluding hydrogens is 349 g/mol. The molecule has 2 aromatic carbocycles. The first-order valence-corrected chi connectivity index (χ1v) is 8.94. The SMILES string of the molecule is O=C(COC(=O)COc1ccccc1F)NCC1(c2ccccc2)CCC1. The van der Waals surface area contributed by atoms with Crippen LogP contribution in [-0.2, 0) is 19.7 Å². The molecule has 0 saturated heterocycles. The molecule has 1 aliphatic rings. The molecule has 1 saturated carbocycles. The summed E-state index contributed by atoms with van der Waals surface area (Å²) >= 11 is 0. The van der Waals surface area contributed by atoms with Crippen LogP contribution in [0.25, 0.3) is 0 Å². The van der Waals surface area contributed by atoms with Crippen LogP contribution in [0.4, 0.5) is 4.39 Å². The average Bonchev–Trinajstić information content (AvgIpc) is 2.66. The van der Waals surface area contributed by atoms with Crippen molar-refractivity contribution in [2.45, 2.75) is 24.7 Å². The second kappa shape index (κ2) is 8.66. The number of hydrogen-bond acceptors (Lipinski definition) is 4. The van der Waals surface area contributed by atoms with E-state index in [1.165, 1.54) is 23.8 Å². The van der Waals surface area contributed by atoms with Gasteiger partial charge in [0, 0.05) is 12.0 Å². The number of ether oxygens (including phenoxy) is 2. The molecule has 0 spiro atoms. The van der Waals surface area contributed by atoms with Gasteiger partial charge in [0.1, 0.15) is 0 Å². The van der Waals surface area contributed by atoms with Gasteiger partial charge in [-0.1, -0.05) is 48.9 Å². The van der Waals surface area contributed by atoms with Crippen LogP contribution in [0.15, 0.2) is 54.6 Å². The van der Waals surface area contributed by atoms with Gasteiger partial charge in [0.15, 0.2) is 24.8 Å². The molecule has 0 heterocycles. The lowest BCUT2D eigenvalue weighted by molar-refractivity contribution is -0.150. The Labute approximate surface area is 157 Å². The summed E-state index contributed by atoms with van der Waals surface area (Å²) in [6.45, 7) is -0.328. The van der Waals surface area contributed by atoms with Crippen molar-refractivity contribution < 1.29 is 23.5 Å². The summed E-state index contributed by atoms with van der Waals surface area (Å²) in [7, 11) is 0. The van der Waals surface area contributed by atoms with E-state index in [2.05, 4.69) is 17.4 Å². The highest BCUT2D eigenvalue weighted by Gasteiger charge is 2.38. The van der Waals surface area contributed by atoms with Gasteiger partial charge in [0.05, 0.1) is 0 Å². The Morgan fingerprint density at radius 2 is 1.70 bits per heavy atom. The van der Waals surface area contributed by atoms with Crippen LogP contribution in [0, 0.1) is 5.82 Å². The number of carbonyl (C=O) groups is 2. The van der Waals surface area contributed by atoms with Crippen molar-refractivity contribution in [1.29, 1.82) is 0 Å². The van der Waals surface area contributed by atoms with Crippen molar-refractivity contribution in [3.05, 3.63) is 66.0 Å². The van der Waals surface area contributed by atoms with E-state index in [1.807, 2.05) is 18.2 Å². The van der Waals surface area contributed by atoms with Crippen molar-refractivity contribution in [1.82, 2.24) is 5.32 Å². The lowest BCUT2D eigenvalue weighted by atomic mass is 9.64. The van der Waals surface area contributed by atoms with Crippen LogP contribution >= 0.6 is 0 Å². The normalized spacial score (nSPS) is 14.7. The Morgan fingerprint density at radius 3 is 2.37 bits per heavy atom. The van der Waals surface area contributed by atoms with Crippen LogP contribution in [0.2, 0.25) is 0 Å². The Kier molecular flexibility index (Phi) is 6.06. The molecule has 142 valence electrons. The number of carbonyl (C=O) groups excluding carboxylic acids is 2. The Balaban J connectivity index is 1.40. The van der Waals surface area contributed by atoms with Gasteiger partial charge >= 0.3 is 5.97 Å². The zero-order chi connectivity index (χ0) is 19.1. The Morgan fingerprint density at radius 1 is 1.00 bits per heavy atom. The van der Waals surface area contributed by atoms with Gasteiger partial charge in [-0.2, -0.15) is 0 Å². The van der Waals surface area contributed by atoms with Crippen LogP contribution in [-0.4, -0.2) is 31.6 Å². The van der Waals surface area contributed by atoms with Gasteiger partial charge in [-0.3, -0.25) is 4.79 Å². The first-order chi connectivity index (χ1) is 13.1. The molecule has 0 aliphatic heterocycles. The van der Waals surface area contributed by atoms with Crippen molar-refractivity contribution >= 4 is 11.9 Å². The zero-order valence-electron chi connectivity index (χ0n) is 14.9. The zero-order valence-corrected chi connectivity index (χ0v) is 14.9. The van der Waals surface area contributed by atoms with E-state index in [-0.39, 0.29) is 23.7 Å². The molecule has 1 aliphatic carbocycles. The first kappa shape index (κ1) is 18.9. The summed E-state index contributed by atoms with van der Waals surface area (Å²) in [5, 5.41) is 2.85. The van der Waals surface area contributed by atoms with Crippen LogP contribution in [0.1, 0.15) is 24.8 Å². The minimum atomic E-state index is -0.727. The van der Waals surface area contributed by atoms with E-state index in [0.717, 1.165) is 19.3 Å². The summed E-state index contributed by atoms with van der Waals surface area (Å²) in [6, 6.07) is 15.9. The van der Waals surface area contributed by atoms with E-state index >= 15 is 0 Å². The summed E-state index contributed by atoms with van der Waals surface area (Å²) in [6.07, 6.45) is 3.17. The lowest BCUT2D eigenvalue weighted by Crippen LogP contribution is -2.46. The van der Waals surface area contributed by atoms with Crippen LogP contribution in [0.3, 0.4) is 0 Å². The van der Waals surface area contributed by atoms with Gasteiger partial charge in [-0.15, -0.1) is 0 Å². The number of nitrogens with one attached hydrogen (secondary N) is 1. The topological polar surface area (TPSA) is 64.6 Å². The summed E-state index contributed by atoms with van der Waals surface area (Å²) < 4.78 is 23.3. The van der Waals surface area contributed by atoms with Crippen molar-refractivity contribution in [3.8, 4) is 5.75 Å².